The lowest BCUT2D eigenvalue weighted by Crippen LogP contribution is -2.39. The Morgan fingerprint density at radius 1 is 1.12 bits per heavy atom. The highest BCUT2D eigenvalue weighted by Gasteiger charge is 2.21. The van der Waals surface area contributed by atoms with Gasteiger partial charge in [-0.3, -0.25) is 9.59 Å². The maximum atomic E-state index is 11.7. The van der Waals surface area contributed by atoms with Crippen LogP contribution in [-0.4, -0.2) is 27.8 Å². The van der Waals surface area contributed by atoms with Gasteiger partial charge in [0, 0.05) is 5.69 Å². The zero-order valence-electron chi connectivity index (χ0n) is 15.3. The predicted octanol–water partition coefficient (Wildman–Crippen LogP) is 1.86. The van der Waals surface area contributed by atoms with Gasteiger partial charge in [-0.05, 0) is 43.0 Å². The van der Waals surface area contributed by atoms with E-state index in [1.165, 1.54) is 6.20 Å². The van der Waals surface area contributed by atoms with E-state index < -0.39 is 17.9 Å². The van der Waals surface area contributed by atoms with Gasteiger partial charge in [-0.15, -0.1) is 0 Å². The van der Waals surface area contributed by atoms with Gasteiger partial charge < -0.3 is 22.1 Å². The molecule has 2 amide bonds. The van der Waals surface area contributed by atoms with Crippen LogP contribution in [0.2, 0.25) is 0 Å². The fourth-order valence-corrected chi connectivity index (χ4v) is 2.41. The number of hydrogen-bond donors (Lipinski definition) is 4. The Morgan fingerprint density at radius 3 is 2.35 bits per heavy atom. The molecule has 0 saturated carbocycles. The second-order valence-corrected chi connectivity index (χ2v) is 6.51. The van der Waals surface area contributed by atoms with Crippen molar-refractivity contribution in [1.82, 2.24) is 9.97 Å². The Kier molecular flexibility index (Phi) is 5.76. The molecule has 1 unspecified atom stereocenters. The van der Waals surface area contributed by atoms with Crippen molar-refractivity contribution >= 4 is 29.1 Å². The standard InChI is InChI=1S/C18H24N6O2/c1-9(2)14(16(19)25)23-13-8-21-15(17(20)26)18(24-13)22-12-6-5-10(3)11(4)7-12/h5-9,14H,1-4H3,(H2,19,25)(H2,20,26)(H2,22,23,24). The summed E-state index contributed by atoms with van der Waals surface area (Å²) >= 11 is 0. The van der Waals surface area contributed by atoms with Crippen LogP contribution in [0.5, 0.6) is 0 Å². The van der Waals surface area contributed by atoms with Crippen molar-refractivity contribution in [2.24, 2.45) is 17.4 Å². The summed E-state index contributed by atoms with van der Waals surface area (Å²) in [7, 11) is 0. The molecule has 2 aromatic rings. The van der Waals surface area contributed by atoms with Gasteiger partial charge in [0.1, 0.15) is 11.9 Å². The molecule has 1 aromatic carbocycles. The molecule has 1 heterocycles. The molecule has 0 aliphatic rings. The quantitative estimate of drug-likeness (QED) is 0.598. The highest BCUT2D eigenvalue weighted by atomic mass is 16.1. The third kappa shape index (κ3) is 4.47. The summed E-state index contributed by atoms with van der Waals surface area (Å²) < 4.78 is 0. The highest BCUT2D eigenvalue weighted by molar-refractivity contribution is 5.96. The van der Waals surface area contributed by atoms with Crippen molar-refractivity contribution in [2.45, 2.75) is 33.7 Å². The van der Waals surface area contributed by atoms with Crippen molar-refractivity contribution < 1.29 is 9.59 Å². The summed E-state index contributed by atoms with van der Waals surface area (Å²) in [6, 6.07) is 5.15. The second-order valence-electron chi connectivity index (χ2n) is 6.51. The molecule has 0 aliphatic carbocycles. The molecular formula is C18H24N6O2. The number of aryl methyl sites for hydroxylation is 2. The van der Waals surface area contributed by atoms with E-state index in [4.69, 9.17) is 11.5 Å². The number of nitrogens with two attached hydrogens (primary N) is 2. The molecule has 2 rings (SSSR count). The fraction of sp³-hybridized carbons (Fsp3) is 0.333. The topological polar surface area (TPSA) is 136 Å². The molecule has 0 radical (unpaired) electrons. The molecule has 1 aromatic heterocycles. The highest BCUT2D eigenvalue weighted by Crippen LogP contribution is 2.22. The number of nitrogens with zero attached hydrogens (tertiary/aromatic N) is 2. The van der Waals surface area contributed by atoms with E-state index >= 15 is 0 Å². The first-order valence-electron chi connectivity index (χ1n) is 8.26. The van der Waals surface area contributed by atoms with Crippen LogP contribution < -0.4 is 22.1 Å². The van der Waals surface area contributed by atoms with Crippen molar-refractivity contribution in [3.05, 3.63) is 41.2 Å². The van der Waals surface area contributed by atoms with Crippen LogP contribution in [-0.2, 0) is 4.79 Å². The van der Waals surface area contributed by atoms with Gasteiger partial charge in [-0.1, -0.05) is 19.9 Å². The van der Waals surface area contributed by atoms with Crippen LogP contribution >= 0.6 is 0 Å². The number of carbonyl (C=O) groups excluding carboxylic acids is 2. The van der Waals surface area contributed by atoms with Crippen molar-refractivity contribution in [1.29, 1.82) is 0 Å². The second kappa shape index (κ2) is 7.81. The Morgan fingerprint density at radius 2 is 1.81 bits per heavy atom. The number of rotatable bonds is 7. The van der Waals surface area contributed by atoms with E-state index in [1.807, 2.05) is 45.9 Å². The lowest BCUT2D eigenvalue weighted by molar-refractivity contribution is -0.119. The molecular weight excluding hydrogens is 332 g/mol. The average Bonchev–Trinajstić information content (AvgIpc) is 2.55. The SMILES string of the molecule is Cc1ccc(Nc2nc(NC(C(N)=O)C(C)C)cnc2C(N)=O)cc1C. The lowest BCUT2D eigenvalue weighted by Gasteiger charge is -2.20. The number of hydrogen-bond acceptors (Lipinski definition) is 6. The molecule has 0 fully saturated rings. The molecule has 0 spiro atoms. The van der Waals surface area contributed by atoms with E-state index in [0.717, 1.165) is 16.8 Å². The molecule has 0 saturated heterocycles. The first-order valence-corrected chi connectivity index (χ1v) is 8.26. The molecule has 1 atom stereocenters. The predicted molar refractivity (Wildman–Crippen MR) is 101 cm³/mol. The molecule has 0 aliphatic heterocycles. The largest absolute Gasteiger partial charge is 0.368 e. The molecule has 0 bridgehead atoms. The van der Waals surface area contributed by atoms with E-state index in [9.17, 15) is 9.59 Å². The monoisotopic (exact) mass is 356 g/mol. The van der Waals surface area contributed by atoms with Crippen LogP contribution in [0.4, 0.5) is 17.3 Å². The van der Waals surface area contributed by atoms with Gasteiger partial charge in [0.2, 0.25) is 5.91 Å². The zero-order valence-corrected chi connectivity index (χ0v) is 15.3. The van der Waals surface area contributed by atoms with Crippen molar-refractivity contribution in [3.63, 3.8) is 0 Å². The minimum atomic E-state index is -0.703. The Bertz CT molecular complexity index is 834. The number of aromatic nitrogens is 2. The summed E-state index contributed by atoms with van der Waals surface area (Å²) in [5.74, 6) is -0.715. The summed E-state index contributed by atoms with van der Waals surface area (Å²) in [4.78, 5) is 31.7. The molecule has 8 nitrogen and oxygen atoms in total. The summed E-state index contributed by atoms with van der Waals surface area (Å²) in [5, 5.41) is 6.01. The average molecular weight is 356 g/mol. The number of anilines is 3. The van der Waals surface area contributed by atoms with Crippen LogP contribution in [0.3, 0.4) is 0 Å². The number of primary amides is 2. The zero-order chi connectivity index (χ0) is 19.4. The smallest absolute Gasteiger partial charge is 0.271 e. The van der Waals surface area contributed by atoms with Crippen LogP contribution in [0.25, 0.3) is 0 Å². The van der Waals surface area contributed by atoms with Crippen molar-refractivity contribution in [3.8, 4) is 0 Å². The number of amides is 2. The maximum absolute atomic E-state index is 11.7. The normalized spacial score (nSPS) is 11.9. The number of carbonyl (C=O) groups is 2. The first kappa shape index (κ1) is 19.2. The van der Waals surface area contributed by atoms with Gasteiger partial charge in [0.05, 0.1) is 6.20 Å². The third-order valence-corrected chi connectivity index (χ3v) is 4.05. The van der Waals surface area contributed by atoms with Crippen LogP contribution in [0, 0.1) is 19.8 Å². The van der Waals surface area contributed by atoms with E-state index in [2.05, 4.69) is 20.6 Å². The Labute approximate surface area is 152 Å². The molecule has 138 valence electrons. The van der Waals surface area contributed by atoms with Crippen LogP contribution in [0.15, 0.2) is 24.4 Å². The fourth-order valence-electron chi connectivity index (χ4n) is 2.41. The first-order chi connectivity index (χ1) is 12.2. The minimum absolute atomic E-state index is 0.00829. The lowest BCUT2D eigenvalue weighted by atomic mass is 10.0. The number of benzene rings is 1. The summed E-state index contributed by atoms with van der Waals surface area (Å²) in [6.07, 6.45) is 1.35. The molecule has 26 heavy (non-hydrogen) atoms. The van der Waals surface area contributed by atoms with Gasteiger partial charge in [-0.2, -0.15) is 0 Å². The summed E-state index contributed by atoms with van der Waals surface area (Å²) in [6.45, 7) is 7.72. The summed E-state index contributed by atoms with van der Waals surface area (Å²) in [5.41, 5.74) is 13.8. The minimum Gasteiger partial charge on any atom is -0.368 e. The maximum Gasteiger partial charge on any atom is 0.271 e. The Hall–Kier alpha value is -3.16. The van der Waals surface area contributed by atoms with E-state index in [0.29, 0.717) is 5.82 Å². The van der Waals surface area contributed by atoms with Gasteiger partial charge >= 0.3 is 0 Å². The molecule has 8 heteroatoms. The third-order valence-electron chi connectivity index (χ3n) is 4.05. The van der Waals surface area contributed by atoms with E-state index in [-0.39, 0.29) is 17.4 Å². The van der Waals surface area contributed by atoms with Gasteiger partial charge in [-0.25, -0.2) is 9.97 Å². The number of nitrogens with one attached hydrogen (secondary N) is 2. The van der Waals surface area contributed by atoms with Crippen molar-refractivity contribution in [2.75, 3.05) is 10.6 Å². The molecule has 6 N–H and O–H groups in total. The Balaban J connectivity index is 2.37. The van der Waals surface area contributed by atoms with Gasteiger partial charge in [0.15, 0.2) is 11.5 Å². The van der Waals surface area contributed by atoms with Gasteiger partial charge in [0.25, 0.3) is 5.91 Å². The van der Waals surface area contributed by atoms with E-state index in [1.54, 1.807) is 0 Å². The van der Waals surface area contributed by atoms with Crippen LogP contribution in [0.1, 0.15) is 35.5 Å².